The highest BCUT2D eigenvalue weighted by Gasteiger charge is 2.37. The maximum absolute atomic E-state index is 12.6. The molecule has 3 rings (SSSR count). The zero-order valence-corrected chi connectivity index (χ0v) is 14.1. The highest BCUT2D eigenvalue weighted by molar-refractivity contribution is 5.92. The highest BCUT2D eigenvalue weighted by atomic mass is 16.5. The van der Waals surface area contributed by atoms with Crippen LogP contribution in [0.25, 0.3) is 0 Å². The molecule has 7 nitrogen and oxygen atoms in total. The third-order valence-electron chi connectivity index (χ3n) is 4.06. The molecule has 3 N–H and O–H groups in total. The average molecular weight is 342 g/mol. The highest BCUT2D eigenvalue weighted by Crippen LogP contribution is 2.41. The van der Waals surface area contributed by atoms with Crippen LogP contribution in [0.5, 0.6) is 11.5 Å². The van der Waals surface area contributed by atoms with Crippen molar-refractivity contribution in [3.05, 3.63) is 69.0 Å². The van der Waals surface area contributed by atoms with Gasteiger partial charge in [-0.3, -0.25) is 4.79 Å². The van der Waals surface area contributed by atoms with Crippen molar-refractivity contribution in [1.29, 1.82) is 0 Å². The fourth-order valence-electron chi connectivity index (χ4n) is 2.97. The Kier molecular flexibility index (Phi) is 4.22. The van der Waals surface area contributed by atoms with Gasteiger partial charge in [-0.05, 0) is 24.6 Å². The fourth-order valence-corrected chi connectivity index (χ4v) is 2.97. The Morgan fingerprint density at radius 3 is 2.72 bits per heavy atom. The summed E-state index contributed by atoms with van der Waals surface area (Å²) >= 11 is 0. The fraction of sp³-hybridized carbons (Fsp3) is 0.222. The molecule has 2 heterocycles. The van der Waals surface area contributed by atoms with Gasteiger partial charge in [-0.2, -0.15) is 0 Å². The molecule has 0 saturated heterocycles. The van der Waals surface area contributed by atoms with E-state index in [1.54, 1.807) is 44.4 Å². The Balaban J connectivity index is 2.30. The van der Waals surface area contributed by atoms with Crippen LogP contribution in [-0.4, -0.2) is 25.2 Å². The van der Waals surface area contributed by atoms with Gasteiger partial charge >= 0.3 is 5.97 Å². The van der Waals surface area contributed by atoms with Crippen LogP contribution in [0.3, 0.4) is 0 Å². The summed E-state index contributed by atoms with van der Waals surface area (Å²) in [6.07, 6.45) is 0. The van der Waals surface area contributed by atoms with Crippen LogP contribution < -0.4 is 20.8 Å². The van der Waals surface area contributed by atoms with Gasteiger partial charge in [-0.25, -0.2) is 4.79 Å². The maximum Gasteiger partial charge on any atom is 0.340 e. The van der Waals surface area contributed by atoms with Crippen molar-refractivity contribution in [2.45, 2.75) is 12.8 Å². The Morgan fingerprint density at radius 2 is 2.04 bits per heavy atom. The first-order valence-electron chi connectivity index (χ1n) is 7.59. The molecule has 0 aliphatic carbocycles. The van der Waals surface area contributed by atoms with Gasteiger partial charge in [-0.15, -0.1) is 0 Å². The second-order valence-electron chi connectivity index (χ2n) is 5.64. The smallest absolute Gasteiger partial charge is 0.340 e. The number of aryl methyl sites for hydroxylation is 1. The third-order valence-corrected chi connectivity index (χ3v) is 4.06. The van der Waals surface area contributed by atoms with Crippen molar-refractivity contribution in [2.24, 2.45) is 5.73 Å². The predicted molar refractivity (Wildman–Crippen MR) is 90.5 cm³/mol. The molecule has 0 saturated carbocycles. The Hall–Kier alpha value is -3.22. The molecule has 2 aromatic rings. The first kappa shape index (κ1) is 16.6. The minimum atomic E-state index is -0.726. The Bertz CT molecular complexity index is 929. The topological polar surface area (TPSA) is 104 Å². The number of nitrogens with two attached hydrogens (primary N) is 1. The van der Waals surface area contributed by atoms with E-state index in [1.807, 2.05) is 0 Å². The number of hydrogen-bond acceptors (Lipinski definition) is 6. The lowest BCUT2D eigenvalue weighted by atomic mass is 9.83. The van der Waals surface area contributed by atoms with Gasteiger partial charge in [0.05, 0.1) is 25.7 Å². The number of hydrogen-bond donors (Lipinski definition) is 2. The molecule has 1 aromatic carbocycles. The van der Waals surface area contributed by atoms with E-state index in [0.29, 0.717) is 28.3 Å². The van der Waals surface area contributed by atoms with Crippen molar-refractivity contribution in [3.63, 3.8) is 0 Å². The summed E-state index contributed by atoms with van der Waals surface area (Å²) in [5, 5.41) is 0. The van der Waals surface area contributed by atoms with E-state index < -0.39 is 11.9 Å². The van der Waals surface area contributed by atoms with E-state index in [2.05, 4.69) is 4.98 Å². The van der Waals surface area contributed by atoms with E-state index >= 15 is 0 Å². The summed E-state index contributed by atoms with van der Waals surface area (Å²) in [5.74, 6) is -0.556. The largest absolute Gasteiger partial charge is 0.497 e. The third kappa shape index (κ3) is 2.84. The van der Waals surface area contributed by atoms with Crippen LogP contribution in [0.15, 0.2) is 46.6 Å². The molecule has 0 fully saturated rings. The summed E-state index contributed by atoms with van der Waals surface area (Å²) in [7, 11) is 2.79. The van der Waals surface area contributed by atoms with Crippen LogP contribution in [0.2, 0.25) is 0 Å². The molecule has 1 atom stereocenters. The van der Waals surface area contributed by atoms with Crippen molar-refractivity contribution < 1.29 is 19.0 Å². The molecule has 0 bridgehead atoms. The number of nitrogens with one attached hydrogen (secondary N) is 1. The molecule has 1 aliphatic heterocycles. The van der Waals surface area contributed by atoms with E-state index in [9.17, 15) is 9.59 Å². The van der Waals surface area contributed by atoms with Crippen LogP contribution in [0.4, 0.5) is 0 Å². The molecule has 0 unspecified atom stereocenters. The minimum Gasteiger partial charge on any atom is -0.497 e. The molecule has 0 amide bonds. The second-order valence-corrected chi connectivity index (χ2v) is 5.64. The quantitative estimate of drug-likeness (QED) is 0.821. The first-order valence-corrected chi connectivity index (χ1v) is 7.59. The van der Waals surface area contributed by atoms with Crippen LogP contribution in [0, 0.1) is 6.92 Å². The number of fused-ring (bicyclic) bond motifs is 1. The van der Waals surface area contributed by atoms with Crippen LogP contribution in [-0.2, 0) is 9.53 Å². The van der Waals surface area contributed by atoms with Crippen molar-refractivity contribution in [1.82, 2.24) is 4.98 Å². The molecular formula is C18H18N2O5. The number of methoxy groups -OCH3 is 2. The number of H-pyrrole nitrogens is 1. The van der Waals surface area contributed by atoms with Gasteiger partial charge in [0, 0.05) is 11.8 Å². The van der Waals surface area contributed by atoms with Gasteiger partial charge in [0.15, 0.2) is 0 Å². The van der Waals surface area contributed by atoms with Gasteiger partial charge in [0.2, 0.25) is 5.88 Å². The monoisotopic (exact) mass is 342 g/mol. The van der Waals surface area contributed by atoms with Crippen LogP contribution >= 0.6 is 0 Å². The summed E-state index contributed by atoms with van der Waals surface area (Å²) in [4.78, 5) is 27.7. The standard InChI is InChI=1S/C18H18N2O5/c1-9-7-12-14(17(21)20-9)13(10-5-4-6-11(8-10)23-2)15(16(19)25-12)18(22)24-3/h4-8,13H,19H2,1-3H3,(H,20,21)/t13-/m1/s1. The Labute approximate surface area is 144 Å². The second kappa shape index (κ2) is 6.35. The number of esters is 1. The van der Waals surface area contributed by atoms with Crippen molar-refractivity contribution >= 4 is 5.97 Å². The molecular weight excluding hydrogens is 324 g/mol. The first-order chi connectivity index (χ1) is 12.0. The molecule has 7 heteroatoms. The lowest BCUT2D eigenvalue weighted by Crippen LogP contribution is -2.31. The average Bonchev–Trinajstić information content (AvgIpc) is 2.59. The van der Waals surface area contributed by atoms with E-state index in [1.165, 1.54) is 7.11 Å². The lowest BCUT2D eigenvalue weighted by molar-refractivity contribution is -0.136. The number of aromatic nitrogens is 1. The van der Waals surface area contributed by atoms with E-state index in [0.717, 1.165) is 0 Å². The summed E-state index contributed by atoms with van der Waals surface area (Å²) in [6, 6.07) is 8.75. The molecule has 1 aliphatic rings. The number of pyridine rings is 1. The summed E-state index contributed by atoms with van der Waals surface area (Å²) in [6.45, 7) is 1.74. The van der Waals surface area contributed by atoms with Crippen LogP contribution in [0.1, 0.15) is 22.7 Å². The van der Waals surface area contributed by atoms with Crippen molar-refractivity contribution in [2.75, 3.05) is 14.2 Å². The number of benzene rings is 1. The maximum atomic E-state index is 12.6. The molecule has 1 aromatic heterocycles. The molecule has 130 valence electrons. The van der Waals surface area contributed by atoms with Gasteiger partial charge in [0.25, 0.3) is 5.56 Å². The van der Waals surface area contributed by atoms with Gasteiger partial charge in [-0.1, -0.05) is 12.1 Å². The zero-order chi connectivity index (χ0) is 18.1. The Morgan fingerprint density at radius 1 is 1.28 bits per heavy atom. The number of rotatable bonds is 3. The zero-order valence-electron chi connectivity index (χ0n) is 14.1. The molecule has 0 spiro atoms. The van der Waals surface area contributed by atoms with E-state index in [-0.39, 0.29) is 17.0 Å². The normalized spacial score (nSPS) is 16.0. The summed E-state index contributed by atoms with van der Waals surface area (Å²) in [5.41, 5.74) is 7.31. The molecule has 25 heavy (non-hydrogen) atoms. The lowest BCUT2D eigenvalue weighted by Gasteiger charge is -2.27. The molecule has 0 radical (unpaired) electrons. The number of aromatic amines is 1. The minimum absolute atomic E-state index is 0.0811. The van der Waals surface area contributed by atoms with E-state index in [4.69, 9.17) is 19.9 Å². The number of ether oxygens (including phenoxy) is 3. The summed E-state index contributed by atoms with van der Waals surface area (Å²) < 4.78 is 15.6. The van der Waals surface area contributed by atoms with Gasteiger partial charge < -0.3 is 24.9 Å². The predicted octanol–water partition coefficient (Wildman–Crippen LogP) is 1.56. The SMILES string of the molecule is COC(=O)C1=C(N)Oc2cc(C)[nH]c(=O)c2[C@H]1c1cccc(OC)c1. The number of carbonyl (C=O) groups excluding carboxylic acids is 1. The van der Waals surface area contributed by atoms with Crippen molar-refractivity contribution in [3.8, 4) is 11.5 Å². The number of carbonyl (C=O) groups is 1. The van der Waals surface area contributed by atoms with Gasteiger partial charge in [0.1, 0.15) is 17.1 Å².